The standard InChI is InChI=1S/C8H5N5O8S3/c9-24(20,21)8-11-10-7(22-8)23(18,19)6-2-1-4(12(14)15)3-5(6)13(16)17/h1-3H,(H2,9,20,21). The molecule has 0 saturated carbocycles. The lowest BCUT2D eigenvalue weighted by Crippen LogP contribution is -2.11. The zero-order valence-electron chi connectivity index (χ0n) is 11.1. The van der Waals surface area contributed by atoms with Gasteiger partial charge in [0.15, 0.2) is 4.90 Å². The maximum absolute atomic E-state index is 12.4. The average molecular weight is 395 g/mol. The summed E-state index contributed by atoms with van der Waals surface area (Å²) in [6, 6.07) is 1.87. The SMILES string of the molecule is NS(=O)(=O)c1nnc(S(=O)(=O)c2ccc([N+](=O)[O-])cc2[N+](=O)[O-])s1. The minimum absolute atomic E-state index is 0.0929. The summed E-state index contributed by atoms with van der Waals surface area (Å²) in [6.07, 6.45) is 0. The van der Waals surface area contributed by atoms with Gasteiger partial charge in [-0.15, -0.1) is 10.2 Å². The number of nitrogens with two attached hydrogens (primary N) is 1. The number of hydrogen-bond acceptors (Lipinski definition) is 11. The van der Waals surface area contributed by atoms with Crippen molar-refractivity contribution < 1.29 is 26.7 Å². The van der Waals surface area contributed by atoms with Crippen LogP contribution < -0.4 is 5.14 Å². The Morgan fingerprint density at radius 1 is 1.00 bits per heavy atom. The third-order valence-electron chi connectivity index (χ3n) is 2.50. The summed E-state index contributed by atoms with van der Waals surface area (Å²) in [5.74, 6) is 0. The second kappa shape index (κ2) is 5.82. The first-order valence-electron chi connectivity index (χ1n) is 5.49. The topological polar surface area (TPSA) is 206 Å². The molecule has 13 nitrogen and oxygen atoms in total. The number of rotatable bonds is 5. The van der Waals surface area contributed by atoms with E-state index in [-0.39, 0.29) is 11.3 Å². The highest BCUT2D eigenvalue weighted by Crippen LogP contribution is 2.33. The van der Waals surface area contributed by atoms with Crippen LogP contribution in [0.15, 0.2) is 31.8 Å². The molecule has 0 aliphatic carbocycles. The van der Waals surface area contributed by atoms with E-state index in [2.05, 4.69) is 10.2 Å². The van der Waals surface area contributed by atoms with Crippen molar-refractivity contribution in [3.05, 3.63) is 38.4 Å². The molecule has 128 valence electrons. The lowest BCUT2D eigenvalue weighted by Gasteiger charge is -2.01. The van der Waals surface area contributed by atoms with Gasteiger partial charge in [-0.1, -0.05) is 11.3 Å². The summed E-state index contributed by atoms with van der Waals surface area (Å²) in [4.78, 5) is 18.7. The van der Waals surface area contributed by atoms with Crippen LogP contribution >= 0.6 is 11.3 Å². The first-order chi connectivity index (χ1) is 10.9. The molecule has 0 spiro atoms. The summed E-state index contributed by atoms with van der Waals surface area (Å²) >= 11 is 0.0929. The van der Waals surface area contributed by atoms with Gasteiger partial charge in [0.2, 0.25) is 18.5 Å². The Morgan fingerprint density at radius 3 is 2.04 bits per heavy atom. The lowest BCUT2D eigenvalue weighted by atomic mass is 10.3. The van der Waals surface area contributed by atoms with Gasteiger partial charge in [-0.3, -0.25) is 20.2 Å². The molecule has 0 unspecified atom stereocenters. The normalized spacial score (nSPS) is 12.0. The summed E-state index contributed by atoms with van der Waals surface area (Å²) in [7, 11) is -8.95. The molecule has 0 fully saturated rings. The molecule has 0 radical (unpaired) electrons. The Bertz CT molecular complexity index is 1060. The highest BCUT2D eigenvalue weighted by molar-refractivity contribution is 7.95. The van der Waals surface area contributed by atoms with Crippen molar-refractivity contribution in [1.29, 1.82) is 0 Å². The predicted octanol–water partition coefficient (Wildman–Crippen LogP) is -0.165. The molecule has 0 saturated heterocycles. The molecule has 1 heterocycles. The fourth-order valence-corrected chi connectivity index (χ4v) is 4.77. The van der Waals surface area contributed by atoms with Crippen LogP contribution in [-0.4, -0.2) is 36.9 Å². The molecule has 0 amide bonds. The van der Waals surface area contributed by atoms with Crippen LogP contribution in [0.3, 0.4) is 0 Å². The fourth-order valence-electron chi connectivity index (χ4n) is 1.50. The molecule has 2 N–H and O–H groups in total. The van der Waals surface area contributed by atoms with Crippen molar-refractivity contribution in [1.82, 2.24) is 10.2 Å². The highest BCUT2D eigenvalue weighted by atomic mass is 32.3. The molecule has 0 aliphatic heterocycles. The van der Waals surface area contributed by atoms with Gasteiger partial charge in [0.25, 0.3) is 21.4 Å². The number of non-ortho nitro benzene ring substituents is 1. The Balaban J connectivity index is 2.68. The molecular weight excluding hydrogens is 390 g/mol. The number of aromatic nitrogens is 2. The maximum atomic E-state index is 12.4. The highest BCUT2D eigenvalue weighted by Gasteiger charge is 2.33. The maximum Gasteiger partial charge on any atom is 0.295 e. The van der Waals surface area contributed by atoms with E-state index in [0.29, 0.717) is 12.1 Å². The van der Waals surface area contributed by atoms with Crippen molar-refractivity contribution in [2.45, 2.75) is 13.6 Å². The average Bonchev–Trinajstić information content (AvgIpc) is 2.97. The van der Waals surface area contributed by atoms with Crippen LogP contribution in [0.1, 0.15) is 0 Å². The third-order valence-corrected chi connectivity index (χ3v) is 6.90. The number of benzene rings is 1. The molecule has 24 heavy (non-hydrogen) atoms. The number of hydrogen-bond donors (Lipinski definition) is 1. The minimum Gasteiger partial charge on any atom is -0.258 e. The van der Waals surface area contributed by atoms with E-state index < -0.39 is 54.7 Å². The zero-order chi connectivity index (χ0) is 18.3. The van der Waals surface area contributed by atoms with Crippen LogP contribution in [0.2, 0.25) is 0 Å². The first kappa shape index (κ1) is 17.8. The molecule has 0 bridgehead atoms. The van der Waals surface area contributed by atoms with Crippen molar-refractivity contribution >= 4 is 42.6 Å². The van der Waals surface area contributed by atoms with E-state index in [1.54, 1.807) is 0 Å². The van der Waals surface area contributed by atoms with Gasteiger partial charge in [-0.05, 0) is 6.07 Å². The van der Waals surface area contributed by atoms with Crippen LogP contribution in [0.5, 0.6) is 0 Å². The van der Waals surface area contributed by atoms with Crippen molar-refractivity contribution in [3.63, 3.8) is 0 Å². The molecule has 1 aromatic heterocycles. The molecule has 2 rings (SSSR count). The first-order valence-corrected chi connectivity index (χ1v) is 9.33. The second-order valence-electron chi connectivity index (χ2n) is 4.05. The van der Waals surface area contributed by atoms with Gasteiger partial charge < -0.3 is 0 Å². The van der Waals surface area contributed by atoms with E-state index in [4.69, 9.17) is 5.14 Å². The summed E-state index contributed by atoms with van der Waals surface area (Å²) < 4.78 is 45.3. The third kappa shape index (κ3) is 3.20. The molecule has 0 atom stereocenters. The molecule has 1 aromatic carbocycles. The van der Waals surface area contributed by atoms with Crippen LogP contribution in [0.4, 0.5) is 11.4 Å². The number of nitro benzene ring substituents is 2. The van der Waals surface area contributed by atoms with E-state index in [0.717, 1.165) is 6.07 Å². The Kier molecular flexibility index (Phi) is 4.31. The Hall–Kier alpha value is -2.56. The van der Waals surface area contributed by atoms with Crippen LogP contribution in [0.25, 0.3) is 0 Å². The minimum atomic E-state index is -4.64. The monoisotopic (exact) mass is 395 g/mol. The van der Waals surface area contributed by atoms with Gasteiger partial charge in [0.1, 0.15) is 0 Å². The predicted molar refractivity (Wildman–Crippen MR) is 76.5 cm³/mol. The van der Waals surface area contributed by atoms with Crippen LogP contribution in [-0.2, 0) is 19.9 Å². The summed E-state index contributed by atoms with van der Waals surface area (Å²) in [5.41, 5.74) is -1.75. The Morgan fingerprint density at radius 2 is 1.58 bits per heavy atom. The number of nitrogens with zero attached hydrogens (tertiary/aromatic N) is 4. The van der Waals surface area contributed by atoms with Gasteiger partial charge in [0.05, 0.1) is 15.9 Å². The van der Waals surface area contributed by atoms with Gasteiger partial charge in [-0.2, -0.15) is 0 Å². The van der Waals surface area contributed by atoms with Gasteiger partial charge in [0, 0.05) is 6.07 Å². The number of primary sulfonamides is 1. The molecule has 0 aliphatic rings. The van der Waals surface area contributed by atoms with E-state index in [1.807, 2.05) is 0 Å². The molecule has 2 aromatic rings. The largest absolute Gasteiger partial charge is 0.295 e. The summed E-state index contributed by atoms with van der Waals surface area (Å²) in [5, 5.41) is 32.7. The van der Waals surface area contributed by atoms with E-state index >= 15 is 0 Å². The van der Waals surface area contributed by atoms with Crippen molar-refractivity contribution in [3.8, 4) is 0 Å². The summed E-state index contributed by atoms with van der Waals surface area (Å²) in [6.45, 7) is 0. The number of nitro groups is 2. The van der Waals surface area contributed by atoms with Crippen molar-refractivity contribution in [2.24, 2.45) is 5.14 Å². The van der Waals surface area contributed by atoms with Gasteiger partial charge in [-0.25, -0.2) is 22.0 Å². The fraction of sp³-hybridized carbons (Fsp3) is 0. The van der Waals surface area contributed by atoms with Gasteiger partial charge >= 0.3 is 0 Å². The zero-order valence-corrected chi connectivity index (χ0v) is 13.5. The van der Waals surface area contributed by atoms with E-state index in [1.165, 1.54) is 0 Å². The lowest BCUT2D eigenvalue weighted by molar-refractivity contribution is -0.396. The number of sulfone groups is 1. The second-order valence-corrected chi connectivity index (χ2v) is 8.85. The number of sulfonamides is 1. The van der Waals surface area contributed by atoms with Crippen LogP contribution in [0, 0.1) is 20.2 Å². The Labute approximate surface area is 137 Å². The quantitative estimate of drug-likeness (QED) is 0.522. The smallest absolute Gasteiger partial charge is 0.258 e. The van der Waals surface area contributed by atoms with E-state index in [9.17, 15) is 37.1 Å². The molecule has 16 heteroatoms. The molecular formula is C8H5N5O8S3. The van der Waals surface area contributed by atoms with Crippen molar-refractivity contribution in [2.75, 3.05) is 0 Å².